The van der Waals surface area contributed by atoms with Crippen molar-refractivity contribution in [2.24, 2.45) is 0 Å². The average Bonchev–Trinajstić information content (AvgIpc) is 3.06. The minimum Gasteiger partial charge on any atom is -0.354 e. The lowest BCUT2D eigenvalue weighted by molar-refractivity contribution is 1.53. The molecule has 4 aromatic carbocycles. The summed E-state index contributed by atoms with van der Waals surface area (Å²) in [6, 6.07) is 35.3. The maximum absolute atomic E-state index is 3.48. The molecule has 5 rings (SSSR count). The van der Waals surface area contributed by atoms with E-state index < -0.39 is 0 Å². The summed E-state index contributed by atoms with van der Waals surface area (Å²) in [7, 11) is 0. The normalized spacial score (nSPS) is 11.2. The summed E-state index contributed by atoms with van der Waals surface area (Å²) < 4.78 is 0. The first-order valence-electron chi connectivity index (χ1n) is 8.46. The molecule has 0 spiro atoms. The first kappa shape index (κ1) is 14.1. The number of nitrogens with one attached hydrogen (secondary N) is 1. The number of H-pyrrole nitrogens is 1. The van der Waals surface area contributed by atoms with Gasteiger partial charge in [0.2, 0.25) is 0 Å². The molecule has 0 amide bonds. The molecule has 5 aromatic rings. The lowest BCUT2D eigenvalue weighted by atomic mass is 10.0. The smallest absolute Gasteiger partial charge is 0.0545 e. The summed E-state index contributed by atoms with van der Waals surface area (Å²) in [5, 5.41) is 2.46. The van der Waals surface area contributed by atoms with Crippen molar-refractivity contribution in [3.63, 3.8) is 0 Å². The number of aromatic nitrogens is 1. The number of fused-ring (bicyclic) bond motifs is 3. The number of hydrogen-bond acceptors (Lipinski definition) is 0. The summed E-state index contributed by atoms with van der Waals surface area (Å²) >= 11 is 0. The Labute approximate surface area is 146 Å². The molecule has 0 aliphatic heterocycles. The topological polar surface area (TPSA) is 15.8 Å². The molecule has 1 heteroatoms. The molecule has 0 saturated carbocycles. The van der Waals surface area contributed by atoms with Crippen molar-refractivity contribution in [1.82, 2.24) is 4.98 Å². The molecule has 117 valence electrons. The monoisotopic (exact) mass is 318 g/mol. The summed E-state index contributed by atoms with van der Waals surface area (Å²) in [4.78, 5) is 3.48. The molecule has 1 radical (unpaired) electrons. The van der Waals surface area contributed by atoms with Crippen LogP contribution in [0.5, 0.6) is 0 Å². The Balaban J connectivity index is 1.73. The Bertz CT molecular complexity index is 1070. The molecule has 1 aromatic heterocycles. The van der Waals surface area contributed by atoms with E-state index in [1.54, 1.807) is 0 Å². The van der Waals surface area contributed by atoms with Crippen LogP contribution >= 0.6 is 0 Å². The minimum atomic E-state index is 1.06. The highest BCUT2D eigenvalue weighted by atomic mass is 14.7. The van der Waals surface area contributed by atoms with Gasteiger partial charge in [-0.25, -0.2) is 0 Å². The molecule has 0 aliphatic carbocycles. The zero-order valence-corrected chi connectivity index (χ0v) is 13.7. The number of hydrogen-bond donors (Lipinski definition) is 1. The average molecular weight is 318 g/mol. The summed E-state index contributed by atoms with van der Waals surface area (Å²) in [5.74, 6) is 0. The van der Waals surface area contributed by atoms with Gasteiger partial charge in [-0.15, -0.1) is 0 Å². The Kier molecular flexibility index (Phi) is 3.17. The fourth-order valence-electron chi connectivity index (χ4n) is 3.43. The number of rotatable bonds is 2. The third-order valence-corrected chi connectivity index (χ3v) is 4.72. The molecule has 0 fully saturated rings. The second-order valence-electron chi connectivity index (χ2n) is 6.29. The Hall–Kier alpha value is -3.32. The second-order valence-corrected chi connectivity index (χ2v) is 6.29. The van der Waals surface area contributed by atoms with Crippen molar-refractivity contribution in [3.05, 3.63) is 97.1 Å². The summed E-state index contributed by atoms with van der Waals surface area (Å²) in [6.45, 7) is 0. The van der Waals surface area contributed by atoms with Crippen LogP contribution in [0.15, 0.2) is 91.0 Å². The van der Waals surface area contributed by atoms with Gasteiger partial charge in [-0.1, -0.05) is 66.7 Å². The van der Waals surface area contributed by atoms with E-state index in [0.717, 1.165) is 11.0 Å². The van der Waals surface area contributed by atoms with Gasteiger partial charge in [0, 0.05) is 22.4 Å². The van der Waals surface area contributed by atoms with Crippen LogP contribution < -0.4 is 0 Å². The van der Waals surface area contributed by atoms with Crippen molar-refractivity contribution in [1.29, 1.82) is 0 Å². The molecule has 0 bridgehead atoms. The van der Waals surface area contributed by atoms with Gasteiger partial charge in [-0.2, -0.15) is 0 Å². The van der Waals surface area contributed by atoms with E-state index in [0.29, 0.717) is 0 Å². The summed E-state index contributed by atoms with van der Waals surface area (Å²) in [5.41, 5.74) is 7.09. The highest BCUT2D eigenvalue weighted by Crippen LogP contribution is 2.32. The van der Waals surface area contributed by atoms with Crippen LogP contribution in [-0.2, 0) is 0 Å². The van der Waals surface area contributed by atoms with Crippen LogP contribution in [0, 0.1) is 6.07 Å². The lowest BCUT2D eigenvalue weighted by Crippen LogP contribution is -1.78. The molecule has 0 saturated heterocycles. The quantitative estimate of drug-likeness (QED) is 0.384. The largest absolute Gasteiger partial charge is 0.354 e. The molecule has 1 nitrogen and oxygen atoms in total. The second kappa shape index (κ2) is 5.64. The van der Waals surface area contributed by atoms with E-state index in [1.165, 1.54) is 33.0 Å². The van der Waals surface area contributed by atoms with Gasteiger partial charge in [0.25, 0.3) is 0 Å². The minimum absolute atomic E-state index is 1.06. The Morgan fingerprint density at radius 2 is 1.20 bits per heavy atom. The van der Waals surface area contributed by atoms with Crippen LogP contribution in [0.2, 0.25) is 0 Å². The van der Waals surface area contributed by atoms with Crippen LogP contribution in [0.25, 0.3) is 44.1 Å². The molecular formula is C24H16N. The Morgan fingerprint density at radius 1 is 0.560 bits per heavy atom. The van der Waals surface area contributed by atoms with Gasteiger partial charge in [-0.05, 0) is 46.5 Å². The van der Waals surface area contributed by atoms with E-state index in [-0.39, 0.29) is 0 Å². The van der Waals surface area contributed by atoms with Gasteiger partial charge in [0.1, 0.15) is 0 Å². The van der Waals surface area contributed by atoms with E-state index in [4.69, 9.17) is 0 Å². The van der Waals surface area contributed by atoms with Crippen molar-refractivity contribution >= 4 is 21.8 Å². The maximum atomic E-state index is 3.48. The molecular weight excluding hydrogens is 302 g/mol. The van der Waals surface area contributed by atoms with Gasteiger partial charge < -0.3 is 4.98 Å². The predicted molar refractivity (Wildman–Crippen MR) is 106 cm³/mol. The molecule has 1 N–H and O–H groups in total. The van der Waals surface area contributed by atoms with Crippen molar-refractivity contribution < 1.29 is 0 Å². The molecule has 0 unspecified atom stereocenters. The zero-order valence-electron chi connectivity index (χ0n) is 13.7. The molecule has 25 heavy (non-hydrogen) atoms. The van der Waals surface area contributed by atoms with Crippen molar-refractivity contribution in [2.45, 2.75) is 0 Å². The lowest BCUT2D eigenvalue weighted by Gasteiger charge is -2.03. The van der Waals surface area contributed by atoms with E-state index in [9.17, 15) is 0 Å². The van der Waals surface area contributed by atoms with Crippen LogP contribution in [-0.4, -0.2) is 4.98 Å². The molecule has 0 aliphatic rings. The number of benzene rings is 4. The fourth-order valence-corrected chi connectivity index (χ4v) is 3.43. The van der Waals surface area contributed by atoms with Crippen molar-refractivity contribution in [2.75, 3.05) is 0 Å². The van der Waals surface area contributed by atoms with Crippen LogP contribution in [0.4, 0.5) is 0 Å². The number of aromatic amines is 1. The highest BCUT2D eigenvalue weighted by molar-refractivity contribution is 6.09. The zero-order chi connectivity index (χ0) is 16.6. The first-order valence-corrected chi connectivity index (χ1v) is 8.46. The first-order chi connectivity index (χ1) is 12.4. The molecule has 0 atom stereocenters. The third-order valence-electron chi connectivity index (χ3n) is 4.72. The van der Waals surface area contributed by atoms with E-state index in [2.05, 4.69) is 96.0 Å². The standard InChI is InChI=1S/C24H16N/c1-3-7-17(8-4-1)19-11-13-23-21(15-19)22-16-20(12-14-24(22)25-23)18-9-5-2-6-10-18/h1-13,15-16,25H. The Morgan fingerprint density at radius 3 is 1.92 bits per heavy atom. The predicted octanol–water partition coefficient (Wildman–Crippen LogP) is 6.46. The van der Waals surface area contributed by atoms with Crippen LogP contribution in [0.3, 0.4) is 0 Å². The highest BCUT2D eigenvalue weighted by Gasteiger charge is 2.08. The van der Waals surface area contributed by atoms with E-state index in [1.807, 2.05) is 6.07 Å². The van der Waals surface area contributed by atoms with Gasteiger partial charge >= 0.3 is 0 Å². The third kappa shape index (κ3) is 2.41. The summed E-state index contributed by atoms with van der Waals surface area (Å²) in [6.07, 6.45) is 0. The van der Waals surface area contributed by atoms with Crippen LogP contribution in [0.1, 0.15) is 0 Å². The van der Waals surface area contributed by atoms with Crippen molar-refractivity contribution in [3.8, 4) is 22.3 Å². The van der Waals surface area contributed by atoms with Gasteiger partial charge in [0.15, 0.2) is 0 Å². The fraction of sp³-hybridized carbons (Fsp3) is 0. The maximum Gasteiger partial charge on any atom is 0.0545 e. The van der Waals surface area contributed by atoms with Gasteiger partial charge in [0.05, 0.1) is 5.52 Å². The van der Waals surface area contributed by atoms with Gasteiger partial charge in [-0.3, -0.25) is 0 Å². The van der Waals surface area contributed by atoms with E-state index >= 15 is 0 Å². The SMILES string of the molecule is [c]1cc(-c2ccccc2)cc2c1[nH]c1ccc(-c3ccccc3)cc12. The molecule has 1 heterocycles.